The van der Waals surface area contributed by atoms with Gasteiger partial charge in [0, 0.05) is 0 Å². The minimum Gasteiger partial charge on any atom is -0.339 e. The summed E-state index contributed by atoms with van der Waals surface area (Å²) in [5.74, 6) is 0. The normalized spacial score (nSPS) is 11.9. The number of nitrogens with one attached hydrogen (secondary N) is 1. The average molecular weight is 280 g/mol. The molecule has 0 amide bonds. The van der Waals surface area contributed by atoms with Gasteiger partial charge in [0.15, 0.2) is 11.2 Å². The lowest BCUT2D eigenvalue weighted by Gasteiger charge is -2.09. The number of halogens is 3. The van der Waals surface area contributed by atoms with Crippen molar-refractivity contribution in [3.05, 3.63) is 52.8 Å². The minimum absolute atomic E-state index is 0.0915. The summed E-state index contributed by atoms with van der Waals surface area (Å²) in [6.07, 6.45) is -2.01. The summed E-state index contributed by atoms with van der Waals surface area (Å²) in [4.78, 5) is 22.5. The van der Waals surface area contributed by atoms with Crippen molar-refractivity contribution < 1.29 is 13.2 Å². The lowest BCUT2D eigenvalue weighted by molar-refractivity contribution is -0.137. The largest absolute Gasteiger partial charge is 0.416 e. The van der Waals surface area contributed by atoms with Gasteiger partial charge in [-0.2, -0.15) is 13.2 Å². The van der Waals surface area contributed by atoms with Gasteiger partial charge in [-0.1, -0.05) is 6.07 Å². The Kier molecular flexibility index (Phi) is 2.60. The second-order valence-electron chi connectivity index (χ2n) is 4.07. The number of aromatic amines is 1. The molecule has 0 saturated heterocycles. The average Bonchev–Trinajstić information content (AvgIpc) is 2.87. The standard InChI is InChI=1S/C12H7F3N4O/c13-12(14,15)7-2-1-3-8(4-7)19-6-18-10-9(11(19)20)16-5-17-10/h1-6H,(H,16,17). The highest BCUT2D eigenvalue weighted by atomic mass is 19.4. The van der Waals surface area contributed by atoms with E-state index in [-0.39, 0.29) is 16.9 Å². The molecule has 102 valence electrons. The van der Waals surface area contributed by atoms with Crippen molar-refractivity contribution in [2.75, 3.05) is 0 Å². The summed E-state index contributed by atoms with van der Waals surface area (Å²) >= 11 is 0. The first-order chi connectivity index (χ1) is 9.47. The first-order valence-corrected chi connectivity index (χ1v) is 5.55. The predicted octanol–water partition coefficient (Wildman–Crippen LogP) is 2.13. The van der Waals surface area contributed by atoms with Gasteiger partial charge in [0.05, 0.1) is 17.6 Å². The molecule has 0 unspecified atom stereocenters. The molecule has 0 aliphatic rings. The van der Waals surface area contributed by atoms with Crippen LogP contribution in [0.1, 0.15) is 5.56 Å². The number of benzene rings is 1. The maximum Gasteiger partial charge on any atom is 0.416 e. The van der Waals surface area contributed by atoms with Crippen molar-refractivity contribution in [3.63, 3.8) is 0 Å². The summed E-state index contributed by atoms with van der Waals surface area (Å²) in [7, 11) is 0. The molecule has 0 aliphatic heterocycles. The molecular formula is C12H7F3N4O. The first kappa shape index (κ1) is 12.4. The van der Waals surface area contributed by atoms with E-state index in [4.69, 9.17) is 0 Å². The van der Waals surface area contributed by atoms with Crippen LogP contribution < -0.4 is 5.56 Å². The fourth-order valence-electron chi connectivity index (χ4n) is 1.84. The van der Waals surface area contributed by atoms with Gasteiger partial charge in [0.25, 0.3) is 5.56 Å². The van der Waals surface area contributed by atoms with Gasteiger partial charge in [-0.3, -0.25) is 9.36 Å². The molecule has 3 rings (SSSR count). The summed E-state index contributed by atoms with van der Waals surface area (Å²) in [5.41, 5.74) is -0.879. The Balaban J connectivity index is 2.21. The van der Waals surface area contributed by atoms with E-state index in [0.717, 1.165) is 23.0 Å². The number of nitrogens with zero attached hydrogens (tertiary/aromatic N) is 3. The Bertz CT molecular complexity index is 834. The molecule has 0 radical (unpaired) electrons. The SMILES string of the molecule is O=c1c2[nH]cnc2ncn1-c1cccc(C(F)(F)F)c1. The molecule has 8 heteroatoms. The van der Waals surface area contributed by atoms with Crippen molar-refractivity contribution >= 4 is 11.2 Å². The van der Waals surface area contributed by atoms with Crippen molar-refractivity contribution in [2.24, 2.45) is 0 Å². The lowest BCUT2D eigenvalue weighted by Crippen LogP contribution is -2.19. The molecule has 0 atom stereocenters. The van der Waals surface area contributed by atoms with Crippen molar-refractivity contribution in [1.82, 2.24) is 19.5 Å². The Morgan fingerprint density at radius 2 is 2.00 bits per heavy atom. The molecule has 0 aliphatic carbocycles. The topological polar surface area (TPSA) is 63.6 Å². The summed E-state index contributed by atoms with van der Waals surface area (Å²) < 4.78 is 39.0. The summed E-state index contributed by atoms with van der Waals surface area (Å²) in [6.45, 7) is 0. The zero-order valence-corrected chi connectivity index (χ0v) is 9.85. The van der Waals surface area contributed by atoms with Crippen LogP contribution in [0.4, 0.5) is 13.2 Å². The van der Waals surface area contributed by atoms with E-state index in [1.165, 1.54) is 18.5 Å². The molecule has 2 heterocycles. The number of aromatic nitrogens is 4. The van der Waals surface area contributed by atoms with Gasteiger partial charge in [-0.15, -0.1) is 0 Å². The number of rotatable bonds is 1. The van der Waals surface area contributed by atoms with Crippen LogP contribution in [0.5, 0.6) is 0 Å². The highest BCUT2D eigenvalue weighted by molar-refractivity contribution is 5.68. The molecule has 20 heavy (non-hydrogen) atoms. The monoisotopic (exact) mass is 280 g/mol. The molecule has 5 nitrogen and oxygen atoms in total. The number of fused-ring (bicyclic) bond motifs is 1. The fourth-order valence-corrected chi connectivity index (χ4v) is 1.84. The Labute approximate surface area is 109 Å². The number of alkyl halides is 3. The number of hydrogen-bond acceptors (Lipinski definition) is 3. The molecule has 1 N–H and O–H groups in total. The van der Waals surface area contributed by atoms with E-state index < -0.39 is 17.3 Å². The Morgan fingerprint density at radius 3 is 2.75 bits per heavy atom. The molecule has 0 fully saturated rings. The lowest BCUT2D eigenvalue weighted by atomic mass is 10.2. The van der Waals surface area contributed by atoms with Crippen LogP contribution in [0.3, 0.4) is 0 Å². The molecule has 0 bridgehead atoms. The van der Waals surface area contributed by atoms with Gasteiger partial charge < -0.3 is 4.98 Å². The molecule has 3 aromatic rings. The van der Waals surface area contributed by atoms with Crippen LogP contribution in [-0.2, 0) is 6.18 Å². The quantitative estimate of drug-likeness (QED) is 0.742. The van der Waals surface area contributed by atoms with E-state index in [1.54, 1.807) is 0 Å². The van der Waals surface area contributed by atoms with Crippen molar-refractivity contribution in [1.29, 1.82) is 0 Å². The molecule has 2 aromatic heterocycles. The summed E-state index contributed by atoms with van der Waals surface area (Å²) in [5, 5.41) is 0. The Morgan fingerprint density at radius 1 is 1.20 bits per heavy atom. The predicted molar refractivity (Wildman–Crippen MR) is 64.5 cm³/mol. The smallest absolute Gasteiger partial charge is 0.339 e. The number of H-pyrrole nitrogens is 1. The van der Waals surface area contributed by atoms with Gasteiger partial charge in [0.1, 0.15) is 6.33 Å². The van der Waals surface area contributed by atoms with E-state index in [1.807, 2.05) is 0 Å². The Hall–Kier alpha value is -2.64. The second-order valence-corrected chi connectivity index (χ2v) is 4.07. The third-order valence-corrected chi connectivity index (χ3v) is 2.80. The van der Waals surface area contributed by atoms with E-state index >= 15 is 0 Å². The second kappa shape index (κ2) is 4.19. The zero-order valence-electron chi connectivity index (χ0n) is 9.85. The van der Waals surface area contributed by atoms with E-state index in [0.29, 0.717) is 0 Å². The molecule has 0 spiro atoms. The number of imidazole rings is 1. The maximum absolute atomic E-state index is 12.7. The van der Waals surface area contributed by atoms with Gasteiger partial charge >= 0.3 is 6.18 Å². The molecule has 1 aromatic carbocycles. The van der Waals surface area contributed by atoms with E-state index in [2.05, 4.69) is 15.0 Å². The van der Waals surface area contributed by atoms with Gasteiger partial charge in [0.2, 0.25) is 0 Å². The van der Waals surface area contributed by atoms with Crippen LogP contribution in [0, 0.1) is 0 Å². The van der Waals surface area contributed by atoms with Crippen molar-refractivity contribution in [2.45, 2.75) is 6.18 Å². The van der Waals surface area contributed by atoms with Crippen molar-refractivity contribution in [3.8, 4) is 5.69 Å². The minimum atomic E-state index is -4.47. The highest BCUT2D eigenvalue weighted by Crippen LogP contribution is 2.30. The first-order valence-electron chi connectivity index (χ1n) is 5.55. The van der Waals surface area contributed by atoms with Crippen LogP contribution in [-0.4, -0.2) is 19.5 Å². The van der Waals surface area contributed by atoms with Crippen LogP contribution in [0.25, 0.3) is 16.9 Å². The number of hydrogen-bond donors (Lipinski definition) is 1. The van der Waals surface area contributed by atoms with Gasteiger partial charge in [-0.05, 0) is 18.2 Å². The van der Waals surface area contributed by atoms with Crippen LogP contribution in [0.2, 0.25) is 0 Å². The molecule has 0 saturated carbocycles. The third-order valence-electron chi connectivity index (χ3n) is 2.80. The zero-order chi connectivity index (χ0) is 14.3. The van der Waals surface area contributed by atoms with E-state index in [9.17, 15) is 18.0 Å². The highest BCUT2D eigenvalue weighted by Gasteiger charge is 2.30. The van der Waals surface area contributed by atoms with Gasteiger partial charge in [-0.25, -0.2) is 9.97 Å². The van der Waals surface area contributed by atoms with Crippen LogP contribution >= 0.6 is 0 Å². The fraction of sp³-hybridized carbons (Fsp3) is 0.0833. The van der Waals surface area contributed by atoms with Crippen LogP contribution in [0.15, 0.2) is 41.7 Å². The third kappa shape index (κ3) is 1.94. The maximum atomic E-state index is 12.7. The molecular weight excluding hydrogens is 273 g/mol. The summed E-state index contributed by atoms with van der Waals surface area (Å²) in [6, 6.07) is 4.48.